The molecule has 1 atom stereocenters. The normalized spacial score (nSPS) is 17.9. The molecule has 0 bridgehead atoms. The van der Waals surface area contributed by atoms with Gasteiger partial charge in [-0.25, -0.2) is 4.98 Å². The summed E-state index contributed by atoms with van der Waals surface area (Å²) in [5.41, 5.74) is -0.205. The molecule has 1 aliphatic rings. The summed E-state index contributed by atoms with van der Waals surface area (Å²) in [6, 6.07) is 2.71. The van der Waals surface area contributed by atoms with Crippen LogP contribution in [0.4, 0.5) is 18.9 Å². The van der Waals surface area contributed by atoms with Gasteiger partial charge in [-0.3, -0.25) is 0 Å². The van der Waals surface area contributed by atoms with Crippen LogP contribution in [0.3, 0.4) is 0 Å². The molecule has 0 aromatic carbocycles. The first kappa shape index (κ1) is 12.2. The predicted octanol–water partition coefficient (Wildman–Crippen LogP) is 3.70. The van der Waals surface area contributed by atoms with Crippen LogP contribution >= 0.6 is 0 Å². The SMILES string of the molecule is CC(CC1CC1)Nc1ccc(C(F)(F)F)nc1. The van der Waals surface area contributed by atoms with Crippen molar-refractivity contribution >= 4 is 5.69 Å². The molecule has 2 nitrogen and oxygen atoms in total. The zero-order chi connectivity index (χ0) is 12.5. The first-order valence-corrected chi connectivity index (χ1v) is 5.75. The summed E-state index contributed by atoms with van der Waals surface area (Å²) in [5.74, 6) is 0.792. The van der Waals surface area contributed by atoms with Crippen LogP contribution < -0.4 is 5.32 Å². The van der Waals surface area contributed by atoms with Gasteiger partial charge in [0.1, 0.15) is 5.69 Å². The third-order valence-corrected chi connectivity index (χ3v) is 2.85. The smallest absolute Gasteiger partial charge is 0.381 e. The van der Waals surface area contributed by atoms with Crippen molar-refractivity contribution < 1.29 is 13.2 Å². The molecule has 5 heteroatoms. The van der Waals surface area contributed by atoms with Crippen molar-refractivity contribution in [3.63, 3.8) is 0 Å². The van der Waals surface area contributed by atoms with E-state index in [1.807, 2.05) is 6.92 Å². The minimum atomic E-state index is -4.36. The summed E-state index contributed by atoms with van der Waals surface area (Å²) in [7, 11) is 0. The van der Waals surface area contributed by atoms with Gasteiger partial charge in [-0.05, 0) is 31.4 Å². The van der Waals surface area contributed by atoms with Crippen LogP contribution in [-0.4, -0.2) is 11.0 Å². The van der Waals surface area contributed by atoms with Gasteiger partial charge in [0.2, 0.25) is 0 Å². The zero-order valence-electron chi connectivity index (χ0n) is 9.59. The summed E-state index contributed by atoms with van der Waals surface area (Å²) in [5, 5.41) is 3.16. The molecule has 94 valence electrons. The Kier molecular flexibility index (Phi) is 3.26. The first-order chi connectivity index (χ1) is 7.95. The lowest BCUT2D eigenvalue weighted by molar-refractivity contribution is -0.141. The number of nitrogens with one attached hydrogen (secondary N) is 1. The number of aromatic nitrogens is 1. The maximum Gasteiger partial charge on any atom is 0.433 e. The second kappa shape index (κ2) is 4.55. The van der Waals surface area contributed by atoms with Gasteiger partial charge in [0, 0.05) is 6.04 Å². The van der Waals surface area contributed by atoms with Crippen molar-refractivity contribution in [2.45, 2.75) is 38.4 Å². The molecule has 17 heavy (non-hydrogen) atoms. The van der Waals surface area contributed by atoms with Crippen LogP contribution in [-0.2, 0) is 6.18 Å². The van der Waals surface area contributed by atoms with E-state index in [9.17, 15) is 13.2 Å². The van der Waals surface area contributed by atoms with Crippen LogP contribution in [0.15, 0.2) is 18.3 Å². The van der Waals surface area contributed by atoms with E-state index in [-0.39, 0.29) is 6.04 Å². The Labute approximate surface area is 98.2 Å². The average Bonchev–Trinajstić information content (AvgIpc) is 3.01. The fourth-order valence-corrected chi connectivity index (χ4v) is 1.84. The lowest BCUT2D eigenvalue weighted by atomic mass is 10.1. The van der Waals surface area contributed by atoms with Crippen LogP contribution in [0.2, 0.25) is 0 Å². The van der Waals surface area contributed by atoms with Crippen LogP contribution in [0, 0.1) is 5.92 Å². The lowest BCUT2D eigenvalue weighted by Crippen LogP contribution is -2.16. The lowest BCUT2D eigenvalue weighted by Gasteiger charge is -2.15. The third kappa shape index (κ3) is 3.61. The maximum atomic E-state index is 12.3. The highest BCUT2D eigenvalue weighted by Gasteiger charge is 2.32. The van der Waals surface area contributed by atoms with Crippen molar-refractivity contribution in [3.8, 4) is 0 Å². The zero-order valence-corrected chi connectivity index (χ0v) is 9.59. The first-order valence-electron chi connectivity index (χ1n) is 5.75. The van der Waals surface area contributed by atoms with Gasteiger partial charge in [-0.15, -0.1) is 0 Å². The van der Waals surface area contributed by atoms with Crippen molar-refractivity contribution in [1.82, 2.24) is 4.98 Å². The molecule has 0 spiro atoms. The highest BCUT2D eigenvalue weighted by Crippen LogP contribution is 2.34. The maximum absolute atomic E-state index is 12.3. The topological polar surface area (TPSA) is 24.9 Å². The van der Waals surface area contributed by atoms with Crippen LogP contribution in [0.1, 0.15) is 31.9 Å². The fourth-order valence-electron chi connectivity index (χ4n) is 1.84. The molecule has 1 aromatic rings. The van der Waals surface area contributed by atoms with E-state index in [1.54, 1.807) is 0 Å². The molecule has 1 aliphatic carbocycles. The largest absolute Gasteiger partial charge is 0.433 e. The number of rotatable bonds is 4. The van der Waals surface area contributed by atoms with Gasteiger partial charge in [0.15, 0.2) is 0 Å². The standard InChI is InChI=1S/C12H15F3N2/c1-8(6-9-2-3-9)17-10-4-5-11(16-7-10)12(13,14)15/h4-5,7-9,17H,2-3,6H2,1H3. The van der Waals surface area contributed by atoms with E-state index < -0.39 is 11.9 Å². The van der Waals surface area contributed by atoms with E-state index in [2.05, 4.69) is 10.3 Å². The van der Waals surface area contributed by atoms with Crippen molar-refractivity contribution in [3.05, 3.63) is 24.0 Å². The second-order valence-corrected chi connectivity index (χ2v) is 4.65. The number of alkyl halides is 3. The molecular weight excluding hydrogens is 229 g/mol. The number of hydrogen-bond acceptors (Lipinski definition) is 2. The third-order valence-electron chi connectivity index (χ3n) is 2.85. The monoisotopic (exact) mass is 244 g/mol. The predicted molar refractivity (Wildman–Crippen MR) is 59.7 cm³/mol. The summed E-state index contributed by atoms with van der Waals surface area (Å²) in [4.78, 5) is 3.41. The number of nitrogens with zero attached hydrogens (tertiary/aromatic N) is 1. The molecule has 0 saturated heterocycles. The van der Waals surface area contributed by atoms with E-state index in [1.165, 1.54) is 25.1 Å². The van der Waals surface area contributed by atoms with E-state index in [4.69, 9.17) is 0 Å². The number of halogens is 3. The van der Waals surface area contributed by atoms with Gasteiger partial charge in [0.05, 0.1) is 11.9 Å². The molecular formula is C12H15F3N2. The van der Waals surface area contributed by atoms with Gasteiger partial charge >= 0.3 is 6.18 Å². The molecule has 0 radical (unpaired) electrons. The molecule has 1 heterocycles. The Morgan fingerprint density at radius 3 is 2.59 bits per heavy atom. The highest BCUT2D eigenvalue weighted by atomic mass is 19.4. The molecule has 0 amide bonds. The van der Waals surface area contributed by atoms with Gasteiger partial charge < -0.3 is 5.32 Å². The molecule has 0 aliphatic heterocycles. The molecule has 2 rings (SSSR count). The summed E-state index contributed by atoms with van der Waals surface area (Å²) in [6.45, 7) is 2.04. The Morgan fingerprint density at radius 2 is 2.12 bits per heavy atom. The van der Waals surface area contributed by atoms with Crippen molar-refractivity contribution in [2.75, 3.05) is 5.32 Å². The minimum Gasteiger partial charge on any atom is -0.381 e. The Morgan fingerprint density at radius 1 is 1.41 bits per heavy atom. The van der Waals surface area contributed by atoms with Gasteiger partial charge in [0.25, 0.3) is 0 Å². The van der Waals surface area contributed by atoms with E-state index >= 15 is 0 Å². The van der Waals surface area contributed by atoms with Gasteiger partial charge in [-0.2, -0.15) is 13.2 Å². The molecule has 1 saturated carbocycles. The van der Waals surface area contributed by atoms with Gasteiger partial charge in [-0.1, -0.05) is 12.8 Å². The summed E-state index contributed by atoms with van der Waals surface area (Å²) in [6.07, 6.45) is 0.500. The fraction of sp³-hybridized carbons (Fsp3) is 0.583. The molecule has 1 aromatic heterocycles. The summed E-state index contributed by atoms with van der Waals surface area (Å²) < 4.78 is 36.8. The van der Waals surface area contributed by atoms with Crippen LogP contribution in [0.25, 0.3) is 0 Å². The van der Waals surface area contributed by atoms with Crippen molar-refractivity contribution in [1.29, 1.82) is 0 Å². The Hall–Kier alpha value is -1.26. The van der Waals surface area contributed by atoms with E-state index in [0.717, 1.165) is 18.4 Å². The van der Waals surface area contributed by atoms with Crippen molar-refractivity contribution in [2.24, 2.45) is 5.92 Å². The average molecular weight is 244 g/mol. The quantitative estimate of drug-likeness (QED) is 0.873. The number of hydrogen-bond donors (Lipinski definition) is 1. The second-order valence-electron chi connectivity index (χ2n) is 4.65. The minimum absolute atomic E-state index is 0.279. The Bertz CT molecular complexity index is 368. The molecule has 1 unspecified atom stereocenters. The van der Waals surface area contributed by atoms with E-state index in [0.29, 0.717) is 5.69 Å². The highest BCUT2D eigenvalue weighted by molar-refractivity contribution is 5.42. The van der Waals surface area contributed by atoms with Crippen LogP contribution in [0.5, 0.6) is 0 Å². The molecule has 1 N–H and O–H groups in total. The molecule has 1 fully saturated rings. The number of pyridine rings is 1. The summed E-state index contributed by atoms with van der Waals surface area (Å²) >= 11 is 0. The Balaban J connectivity index is 1.92. The number of anilines is 1.